The van der Waals surface area contributed by atoms with Crippen LogP contribution in [0.3, 0.4) is 0 Å². The van der Waals surface area contributed by atoms with E-state index >= 15 is 0 Å². The molecule has 0 N–H and O–H groups in total. The van der Waals surface area contributed by atoms with Crippen molar-refractivity contribution in [3.8, 4) is 0 Å². The number of hydrogen-bond acceptors (Lipinski definition) is 2. The normalized spacial score (nSPS) is 26.0. The second kappa shape index (κ2) is 5.89. The third-order valence-corrected chi connectivity index (χ3v) is 5.44. The van der Waals surface area contributed by atoms with Gasteiger partial charge >= 0.3 is 6.09 Å². The van der Waals surface area contributed by atoms with E-state index in [2.05, 4.69) is 57.2 Å². The van der Waals surface area contributed by atoms with Crippen LogP contribution in [-0.4, -0.2) is 29.2 Å². The highest BCUT2D eigenvalue weighted by atomic mass is 16.6. The fraction of sp³-hybridized carbons (Fsp3) is 0.591. The average Bonchev–Trinajstić information content (AvgIpc) is 2.84. The van der Waals surface area contributed by atoms with Crippen LogP contribution in [0.5, 0.6) is 0 Å². The summed E-state index contributed by atoms with van der Waals surface area (Å²) in [6.45, 7) is 13.2. The van der Waals surface area contributed by atoms with Crippen molar-refractivity contribution in [1.82, 2.24) is 4.90 Å². The molecule has 2 aliphatic rings. The quantitative estimate of drug-likeness (QED) is 0.632. The Labute approximate surface area is 152 Å². The molecule has 1 aliphatic carbocycles. The first-order chi connectivity index (χ1) is 11.5. The van der Waals surface area contributed by atoms with Gasteiger partial charge in [-0.3, -0.25) is 0 Å². The average molecular weight is 341 g/mol. The third kappa shape index (κ3) is 3.47. The summed E-state index contributed by atoms with van der Waals surface area (Å²) in [7, 11) is 0. The number of fused-ring (bicyclic) bond motifs is 2. The van der Waals surface area contributed by atoms with E-state index in [4.69, 9.17) is 4.74 Å². The Morgan fingerprint density at radius 3 is 2.48 bits per heavy atom. The van der Waals surface area contributed by atoms with Crippen LogP contribution in [0.25, 0.3) is 6.08 Å². The van der Waals surface area contributed by atoms with Crippen LogP contribution in [0.1, 0.15) is 65.5 Å². The van der Waals surface area contributed by atoms with Crippen LogP contribution in [0.2, 0.25) is 0 Å². The van der Waals surface area contributed by atoms with Crippen molar-refractivity contribution in [3.05, 3.63) is 41.5 Å². The third-order valence-electron chi connectivity index (χ3n) is 5.44. The summed E-state index contributed by atoms with van der Waals surface area (Å²) in [6, 6.07) is 8.80. The lowest BCUT2D eigenvalue weighted by atomic mass is 9.67. The number of rotatable bonds is 0. The van der Waals surface area contributed by atoms with E-state index in [0.29, 0.717) is 0 Å². The minimum absolute atomic E-state index is 0.00427. The predicted octanol–water partition coefficient (Wildman–Crippen LogP) is 5.40. The topological polar surface area (TPSA) is 29.5 Å². The Hall–Kier alpha value is -1.77. The molecule has 2 atom stereocenters. The van der Waals surface area contributed by atoms with Crippen LogP contribution in [-0.2, 0) is 10.2 Å². The number of likely N-dealkylation sites (tertiary alicyclic amines) is 1. The summed E-state index contributed by atoms with van der Waals surface area (Å²) in [5, 5.41) is 0. The summed E-state index contributed by atoms with van der Waals surface area (Å²) in [4.78, 5) is 14.8. The molecule has 1 saturated heterocycles. The Morgan fingerprint density at radius 1 is 1.16 bits per heavy atom. The van der Waals surface area contributed by atoms with Crippen molar-refractivity contribution in [2.75, 3.05) is 6.54 Å². The first kappa shape index (κ1) is 18.0. The number of benzene rings is 1. The van der Waals surface area contributed by atoms with Crippen LogP contribution in [0.4, 0.5) is 4.79 Å². The van der Waals surface area contributed by atoms with Crippen molar-refractivity contribution < 1.29 is 9.53 Å². The Bertz CT molecular complexity index is 693. The number of carbonyl (C=O) groups is 1. The second-order valence-electron chi connectivity index (χ2n) is 9.59. The zero-order valence-corrected chi connectivity index (χ0v) is 16.4. The molecule has 1 amide bonds. The summed E-state index contributed by atoms with van der Waals surface area (Å²) < 4.78 is 5.69. The van der Waals surface area contributed by atoms with E-state index in [1.54, 1.807) is 0 Å². The van der Waals surface area contributed by atoms with Gasteiger partial charge in [-0.15, -0.1) is 0 Å². The van der Waals surface area contributed by atoms with Gasteiger partial charge in [-0.25, -0.2) is 4.79 Å². The monoisotopic (exact) mass is 341 g/mol. The first-order valence-corrected chi connectivity index (χ1v) is 9.30. The summed E-state index contributed by atoms with van der Waals surface area (Å²) in [5.74, 6) is 0. The lowest BCUT2D eigenvalue weighted by Gasteiger charge is -2.49. The van der Waals surface area contributed by atoms with E-state index in [1.165, 1.54) is 11.1 Å². The van der Waals surface area contributed by atoms with E-state index in [1.807, 2.05) is 25.7 Å². The number of amides is 1. The zero-order valence-electron chi connectivity index (χ0n) is 16.4. The lowest BCUT2D eigenvalue weighted by molar-refractivity contribution is -0.0153. The maximum Gasteiger partial charge on any atom is 0.410 e. The maximum atomic E-state index is 12.8. The van der Waals surface area contributed by atoms with Crippen LogP contribution in [0, 0.1) is 5.41 Å². The van der Waals surface area contributed by atoms with Crippen molar-refractivity contribution in [2.24, 2.45) is 5.41 Å². The molecule has 136 valence electrons. The zero-order chi connectivity index (χ0) is 18.5. The van der Waals surface area contributed by atoms with E-state index < -0.39 is 5.60 Å². The van der Waals surface area contributed by atoms with Crippen molar-refractivity contribution >= 4 is 12.2 Å². The highest BCUT2D eigenvalue weighted by Crippen LogP contribution is 2.48. The molecular formula is C22H31NO2. The van der Waals surface area contributed by atoms with Crippen LogP contribution in [0.15, 0.2) is 30.3 Å². The van der Waals surface area contributed by atoms with Gasteiger partial charge in [-0.1, -0.05) is 57.2 Å². The molecule has 1 aliphatic heterocycles. The smallest absolute Gasteiger partial charge is 0.410 e. The van der Waals surface area contributed by atoms with Gasteiger partial charge in [-0.05, 0) is 50.2 Å². The van der Waals surface area contributed by atoms with Crippen LogP contribution < -0.4 is 0 Å². The van der Waals surface area contributed by atoms with E-state index in [-0.39, 0.29) is 23.0 Å². The van der Waals surface area contributed by atoms with Crippen molar-refractivity contribution in [2.45, 2.75) is 71.4 Å². The summed E-state index contributed by atoms with van der Waals surface area (Å²) in [6.07, 6.45) is 6.33. The summed E-state index contributed by atoms with van der Waals surface area (Å²) in [5.41, 5.74) is 2.31. The number of ether oxygens (including phenoxy) is 1. The highest BCUT2D eigenvalue weighted by molar-refractivity contribution is 5.70. The predicted molar refractivity (Wildman–Crippen MR) is 103 cm³/mol. The molecule has 0 aromatic heterocycles. The molecule has 3 heteroatoms. The highest BCUT2D eigenvalue weighted by Gasteiger charge is 2.47. The molecule has 3 nitrogen and oxygen atoms in total. The molecular weight excluding hydrogens is 310 g/mol. The molecule has 1 fully saturated rings. The van der Waals surface area contributed by atoms with Gasteiger partial charge in [0.05, 0.1) is 0 Å². The number of carbonyl (C=O) groups excluding carboxylic acids is 1. The van der Waals surface area contributed by atoms with Gasteiger partial charge in [0.25, 0.3) is 0 Å². The number of allylic oxidation sites excluding steroid dienone is 1. The molecule has 1 heterocycles. The molecule has 1 aromatic rings. The van der Waals surface area contributed by atoms with Crippen molar-refractivity contribution in [3.63, 3.8) is 0 Å². The number of piperidine rings is 1. The largest absolute Gasteiger partial charge is 0.444 e. The fourth-order valence-corrected chi connectivity index (χ4v) is 4.18. The molecule has 0 radical (unpaired) electrons. The van der Waals surface area contributed by atoms with Crippen LogP contribution >= 0.6 is 0 Å². The van der Waals surface area contributed by atoms with Gasteiger partial charge in [0.15, 0.2) is 0 Å². The Balaban J connectivity index is 1.90. The molecule has 1 aromatic carbocycles. The van der Waals surface area contributed by atoms with Gasteiger partial charge in [0.2, 0.25) is 0 Å². The van der Waals surface area contributed by atoms with Gasteiger partial charge in [0.1, 0.15) is 5.60 Å². The Kier molecular flexibility index (Phi) is 4.25. The number of nitrogens with zero attached hydrogens (tertiary/aromatic N) is 1. The number of hydrogen-bond donors (Lipinski definition) is 0. The van der Waals surface area contributed by atoms with Gasteiger partial charge in [0, 0.05) is 18.0 Å². The second-order valence-corrected chi connectivity index (χ2v) is 9.59. The maximum absolute atomic E-state index is 12.8. The lowest BCUT2D eigenvalue weighted by Crippen LogP contribution is -2.56. The minimum atomic E-state index is -0.464. The van der Waals surface area contributed by atoms with Crippen molar-refractivity contribution in [1.29, 1.82) is 0 Å². The van der Waals surface area contributed by atoms with E-state index in [0.717, 1.165) is 19.4 Å². The SMILES string of the molecule is CC(C)(C)OC(=O)N1CCC2(C=Cc3ccccc32)CC1C(C)(C)C. The molecule has 0 bridgehead atoms. The Morgan fingerprint density at radius 2 is 1.84 bits per heavy atom. The first-order valence-electron chi connectivity index (χ1n) is 9.30. The van der Waals surface area contributed by atoms with Gasteiger partial charge < -0.3 is 9.64 Å². The standard InChI is InChI=1S/C22H31NO2/c1-20(2,3)18-15-22(12-11-16-9-7-8-10-17(16)22)13-14-23(18)19(24)25-21(4,5)6/h7-12,18H,13-15H2,1-6H3. The molecule has 0 saturated carbocycles. The minimum Gasteiger partial charge on any atom is -0.444 e. The fourth-order valence-electron chi connectivity index (χ4n) is 4.18. The van der Waals surface area contributed by atoms with E-state index in [9.17, 15) is 4.79 Å². The summed E-state index contributed by atoms with van der Waals surface area (Å²) >= 11 is 0. The molecule has 25 heavy (non-hydrogen) atoms. The molecule has 2 unspecified atom stereocenters. The van der Waals surface area contributed by atoms with Gasteiger partial charge in [-0.2, -0.15) is 0 Å². The molecule has 1 spiro atoms. The molecule has 3 rings (SSSR count).